The number of H-pyrrole nitrogens is 1. The molecule has 1 heterocycles. The van der Waals surface area contributed by atoms with Crippen LogP contribution in [0.1, 0.15) is 11.1 Å². The van der Waals surface area contributed by atoms with E-state index in [0.29, 0.717) is 0 Å². The lowest BCUT2D eigenvalue weighted by atomic mass is 9.99. The van der Waals surface area contributed by atoms with E-state index in [1.807, 2.05) is 0 Å². The average Bonchev–Trinajstić information content (AvgIpc) is 3.14. The number of benzene rings is 3. The summed E-state index contributed by atoms with van der Waals surface area (Å²) in [7, 11) is 0. The summed E-state index contributed by atoms with van der Waals surface area (Å²) < 4.78 is 13.4. The van der Waals surface area contributed by atoms with Gasteiger partial charge in [0.1, 0.15) is 11.6 Å². The molecular weight excluding hydrogens is 287 g/mol. The van der Waals surface area contributed by atoms with Crippen molar-refractivity contribution in [2.24, 2.45) is 0 Å². The predicted molar refractivity (Wildman–Crippen MR) is 89.7 cm³/mol. The molecule has 0 saturated heterocycles. The van der Waals surface area contributed by atoms with Gasteiger partial charge in [-0.3, -0.25) is 0 Å². The van der Waals surface area contributed by atoms with Crippen LogP contribution in [-0.4, -0.2) is 9.97 Å². The molecule has 2 nitrogen and oxygen atoms in total. The summed E-state index contributed by atoms with van der Waals surface area (Å²) in [6, 6.07) is 19.4. The van der Waals surface area contributed by atoms with Crippen LogP contribution in [0.2, 0.25) is 0 Å². The summed E-state index contributed by atoms with van der Waals surface area (Å²) in [6.07, 6.45) is 0.953. The largest absolute Gasteiger partial charge is 0.338 e. The second-order valence-corrected chi connectivity index (χ2v) is 5.92. The van der Waals surface area contributed by atoms with E-state index in [0.717, 1.165) is 28.8 Å². The van der Waals surface area contributed by atoms with Crippen LogP contribution in [0.4, 0.5) is 4.39 Å². The van der Waals surface area contributed by atoms with Crippen molar-refractivity contribution >= 4 is 11.0 Å². The lowest BCUT2D eigenvalue weighted by Gasteiger charge is -2.07. The van der Waals surface area contributed by atoms with E-state index in [1.54, 1.807) is 6.07 Å². The van der Waals surface area contributed by atoms with E-state index in [2.05, 4.69) is 52.4 Å². The first-order valence-corrected chi connectivity index (χ1v) is 7.65. The van der Waals surface area contributed by atoms with Crippen LogP contribution in [0, 0.1) is 5.82 Å². The van der Waals surface area contributed by atoms with E-state index in [9.17, 15) is 4.39 Å². The summed E-state index contributed by atoms with van der Waals surface area (Å²) in [6.45, 7) is 0. The van der Waals surface area contributed by atoms with Gasteiger partial charge in [-0.25, -0.2) is 9.37 Å². The second-order valence-electron chi connectivity index (χ2n) is 5.92. The Morgan fingerprint density at radius 2 is 1.70 bits per heavy atom. The van der Waals surface area contributed by atoms with Gasteiger partial charge in [0.2, 0.25) is 0 Å². The molecule has 1 aromatic heterocycles. The molecule has 0 unspecified atom stereocenters. The molecule has 3 heteroatoms. The van der Waals surface area contributed by atoms with Gasteiger partial charge in [0.25, 0.3) is 0 Å². The normalized spacial score (nSPS) is 12.4. The number of rotatable bonds is 1. The summed E-state index contributed by atoms with van der Waals surface area (Å²) in [5.41, 5.74) is 7.75. The summed E-state index contributed by atoms with van der Waals surface area (Å²) in [5, 5.41) is 0. The van der Waals surface area contributed by atoms with E-state index in [1.165, 1.54) is 34.4 Å². The SMILES string of the molecule is Fc1ccc2nc(-c3cccc4c3-c3ccccc3C4)[nH]c2c1. The fraction of sp³-hybridized carbons (Fsp3) is 0.0500. The average molecular weight is 300 g/mol. The number of hydrogen-bond donors (Lipinski definition) is 1. The van der Waals surface area contributed by atoms with Crippen LogP contribution in [-0.2, 0) is 6.42 Å². The molecule has 0 aliphatic heterocycles. The molecular formula is C20H13FN2. The highest BCUT2D eigenvalue weighted by molar-refractivity contribution is 5.90. The summed E-state index contributed by atoms with van der Waals surface area (Å²) >= 11 is 0. The third-order valence-electron chi connectivity index (χ3n) is 4.52. The number of fused-ring (bicyclic) bond motifs is 4. The number of imidazole rings is 1. The Balaban J connectivity index is 1.77. The van der Waals surface area contributed by atoms with Crippen LogP contribution in [0.3, 0.4) is 0 Å². The van der Waals surface area contributed by atoms with Crippen molar-refractivity contribution in [2.75, 3.05) is 0 Å². The van der Waals surface area contributed by atoms with E-state index in [4.69, 9.17) is 0 Å². The van der Waals surface area contributed by atoms with Crippen molar-refractivity contribution in [1.82, 2.24) is 9.97 Å². The number of nitrogens with one attached hydrogen (secondary N) is 1. The number of nitrogens with zero attached hydrogens (tertiary/aromatic N) is 1. The Hall–Kier alpha value is -2.94. The van der Waals surface area contributed by atoms with Crippen LogP contribution >= 0.6 is 0 Å². The smallest absolute Gasteiger partial charge is 0.139 e. The highest BCUT2D eigenvalue weighted by atomic mass is 19.1. The monoisotopic (exact) mass is 300 g/mol. The molecule has 4 aromatic rings. The molecule has 5 rings (SSSR count). The van der Waals surface area contributed by atoms with Gasteiger partial charge in [-0.05, 0) is 46.9 Å². The van der Waals surface area contributed by atoms with Crippen molar-refractivity contribution in [3.8, 4) is 22.5 Å². The highest BCUT2D eigenvalue weighted by Crippen LogP contribution is 2.42. The number of aromatic nitrogens is 2. The second kappa shape index (κ2) is 4.53. The van der Waals surface area contributed by atoms with Gasteiger partial charge in [-0.15, -0.1) is 0 Å². The summed E-state index contributed by atoms with van der Waals surface area (Å²) in [5.74, 6) is 0.537. The molecule has 3 aromatic carbocycles. The van der Waals surface area contributed by atoms with Crippen LogP contribution in [0.25, 0.3) is 33.5 Å². The first-order valence-electron chi connectivity index (χ1n) is 7.65. The van der Waals surface area contributed by atoms with Crippen molar-refractivity contribution in [1.29, 1.82) is 0 Å². The topological polar surface area (TPSA) is 28.7 Å². The quantitative estimate of drug-likeness (QED) is 0.466. The number of aromatic amines is 1. The highest BCUT2D eigenvalue weighted by Gasteiger charge is 2.22. The molecule has 0 amide bonds. The Labute approximate surface area is 132 Å². The Morgan fingerprint density at radius 1 is 0.870 bits per heavy atom. The zero-order valence-electron chi connectivity index (χ0n) is 12.3. The minimum atomic E-state index is -0.253. The van der Waals surface area contributed by atoms with Gasteiger partial charge in [-0.1, -0.05) is 42.5 Å². The van der Waals surface area contributed by atoms with Gasteiger partial charge in [-0.2, -0.15) is 0 Å². The molecule has 1 aliphatic carbocycles. The van der Waals surface area contributed by atoms with Crippen molar-refractivity contribution < 1.29 is 4.39 Å². The maximum atomic E-state index is 13.4. The lowest BCUT2D eigenvalue weighted by Crippen LogP contribution is -1.87. The van der Waals surface area contributed by atoms with Gasteiger partial charge in [0, 0.05) is 5.56 Å². The molecule has 0 saturated carbocycles. The van der Waals surface area contributed by atoms with E-state index >= 15 is 0 Å². The van der Waals surface area contributed by atoms with Gasteiger partial charge in [0.15, 0.2) is 0 Å². The fourth-order valence-electron chi connectivity index (χ4n) is 3.50. The predicted octanol–water partition coefficient (Wildman–Crippen LogP) is 4.94. The molecule has 0 fully saturated rings. The molecule has 0 spiro atoms. The lowest BCUT2D eigenvalue weighted by molar-refractivity contribution is 0.629. The van der Waals surface area contributed by atoms with Crippen molar-refractivity contribution in [2.45, 2.75) is 6.42 Å². The van der Waals surface area contributed by atoms with Crippen molar-refractivity contribution in [3.05, 3.63) is 77.6 Å². The molecule has 0 bridgehead atoms. The van der Waals surface area contributed by atoms with Crippen molar-refractivity contribution in [3.63, 3.8) is 0 Å². The minimum absolute atomic E-state index is 0.253. The van der Waals surface area contributed by atoms with Crippen LogP contribution in [0.15, 0.2) is 60.7 Å². The molecule has 0 radical (unpaired) electrons. The molecule has 1 aliphatic rings. The number of hydrogen-bond acceptors (Lipinski definition) is 1. The van der Waals surface area contributed by atoms with Gasteiger partial charge >= 0.3 is 0 Å². The summed E-state index contributed by atoms with van der Waals surface area (Å²) in [4.78, 5) is 7.91. The van der Waals surface area contributed by atoms with Crippen LogP contribution < -0.4 is 0 Å². The maximum Gasteiger partial charge on any atom is 0.139 e. The van der Waals surface area contributed by atoms with E-state index < -0.39 is 0 Å². The Kier molecular flexibility index (Phi) is 2.48. The molecule has 23 heavy (non-hydrogen) atoms. The van der Waals surface area contributed by atoms with Gasteiger partial charge < -0.3 is 4.98 Å². The first kappa shape index (κ1) is 12.6. The maximum absolute atomic E-state index is 13.4. The third kappa shape index (κ3) is 1.83. The Bertz CT molecular complexity index is 1060. The third-order valence-corrected chi connectivity index (χ3v) is 4.52. The Morgan fingerprint density at radius 3 is 2.65 bits per heavy atom. The number of halogens is 1. The molecule has 0 atom stereocenters. The molecule has 110 valence electrons. The zero-order valence-corrected chi connectivity index (χ0v) is 12.3. The zero-order chi connectivity index (χ0) is 15.4. The fourth-order valence-corrected chi connectivity index (χ4v) is 3.50. The van der Waals surface area contributed by atoms with Crippen LogP contribution in [0.5, 0.6) is 0 Å². The first-order chi connectivity index (χ1) is 11.3. The minimum Gasteiger partial charge on any atom is -0.338 e. The standard InChI is InChI=1S/C20H13FN2/c21-14-8-9-17-18(11-14)23-20(22-17)16-7-3-5-13-10-12-4-1-2-6-15(12)19(13)16/h1-9,11H,10H2,(H,22,23). The van der Waals surface area contributed by atoms with Gasteiger partial charge in [0.05, 0.1) is 11.0 Å². The molecule has 1 N–H and O–H groups in total. The van der Waals surface area contributed by atoms with E-state index in [-0.39, 0.29) is 5.82 Å².